The van der Waals surface area contributed by atoms with Gasteiger partial charge in [0.25, 0.3) is 5.91 Å². The maximum absolute atomic E-state index is 12.1. The van der Waals surface area contributed by atoms with Crippen LogP contribution in [-0.4, -0.2) is 25.1 Å². The first-order chi connectivity index (χ1) is 11.6. The van der Waals surface area contributed by atoms with Gasteiger partial charge in [0.15, 0.2) is 0 Å². The SMILES string of the molecule is COc1cc(C(=O)N/N=C/C2C(=O)Nc3ccccc32)ccc1I. The number of fused-ring (bicyclic) bond motifs is 1. The number of hydrazone groups is 1. The molecule has 2 N–H and O–H groups in total. The third-order valence-corrected chi connectivity index (χ3v) is 4.53. The summed E-state index contributed by atoms with van der Waals surface area (Å²) >= 11 is 2.13. The van der Waals surface area contributed by atoms with Gasteiger partial charge in [-0.2, -0.15) is 5.10 Å². The summed E-state index contributed by atoms with van der Waals surface area (Å²) in [5.41, 5.74) is 4.49. The number of rotatable bonds is 4. The molecule has 1 aliphatic rings. The molecule has 24 heavy (non-hydrogen) atoms. The normalized spacial score (nSPS) is 15.9. The van der Waals surface area contributed by atoms with Crippen LogP contribution in [0.2, 0.25) is 0 Å². The summed E-state index contributed by atoms with van der Waals surface area (Å²) in [6.45, 7) is 0. The van der Waals surface area contributed by atoms with Crippen LogP contribution < -0.4 is 15.5 Å². The Bertz CT molecular complexity index is 836. The molecule has 2 amide bonds. The summed E-state index contributed by atoms with van der Waals surface area (Å²) in [4.78, 5) is 24.1. The van der Waals surface area contributed by atoms with Crippen LogP contribution >= 0.6 is 22.6 Å². The van der Waals surface area contributed by atoms with E-state index < -0.39 is 5.92 Å². The molecule has 7 heteroatoms. The Balaban J connectivity index is 1.70. The van der Waals surface area contributed by atoms with E-state index in [4.69, 9.17) is 4.74 Å². The average Bonchev–Trinajstić information content (AvgIpc) is 2.91. The fraction of sp³-hybridized carbons (Fsp3) is 0.118. The number of carbonyl (C=O) groups excluding carboxylic acids is 2. The first-order valence-corrected chi connectivity index (χ1v) is 8.25. The molecule has 0 fully saturated rings. The number of benzene rings is 2. The van der Waals surface area contributed by atoms with Crippen molar-refractivity contribution < 1.29 is 14.3 Å². The van der Waals surface area contributed by atoms with Gasteiger partial charge in [0.2, 0.25) is 5.91 Å². The van der Waals surface area contributed by atoms with E-state index in [2.05, 4.69) is 38.4 Å². The zero-order valence-electron chi connectivity index (χ0n) is 12.7. The number of para-hydroxylation sites is 1. The minimum Gasteiger partial charge on any atom is -0.496 e. The van der Waals surface area contributed by atoms with Crippen molar-refractivity contribution in [3.63, 3.8) is 0 Å². The van der Waals surface area contributed by atoms with Crippen molar-refractivity contribution >= 4 is 46.3 Å². The predicted molar refractivity (Wildman–Crippen MR) is 99.5 cm³/mol. The number of amides is 2. The third-order valence-electron chi connectivity index (χ3n) is 3.64. The standard InChI is InChI=1S/C17H14IN3O3/c1-24-15-8-10(6-7-13(15)18)16(22)21-19-9-12-11-4-2-3-5-14(11)20-17(12)23/h2-9,12H,1H3,(H,20,23)(H,21,22)/b19-9+. The van der Waals surface area contributed by atoms with Gasteiger partial charge >= 0.3 is 0 Å². The van der Waals surface area contributed by atoms with Crippen LogP contribution in [0.15, 0.2) is 47.6 Å². The van der Waals surface area contributed by atoms with Crippen LogP contribution in [0.3, 0.4) is 0 Å². The van der Waals surface area contributed by atoms with Gasteiger partial charge in [-0.3, -0.25) is 9.59 Å². The first-order valence-electron chi connectivity index (χ1n) is 7.17. The highest BCUT2D eigenvalue weighted by Crippen LogP contribution is 2.30. The van der Waals surface area contributed by atoms with Crippen molar-refractivity contribution in [1.29, 1.82) is 0 Å². The third kappa shape index (κ3) is 3.25. The van der Waals surface area contributed by atoms with Gasteiger partial charge in [-0.1, -0.05) is 18.2 Å². The Morgan fingerprint density at radius 2 is 2.12 bits per heavy atom. The van der Waals surface area contributed by atoms with Crippen molar-refractivity contribution in [2.75, 3.05) is 12.4 Å². The summed E-state index contributed by atoms with van der Waals surface area (Å²) < 4.78 is 6.11. The number of ether oxygens (including phenoxy) is 1. The Morgan fingerprint density at radius 1 is 1.33 bits per heavy atom. The molecule has 1 heterocycles. The van der Waals surface area contributed by atoms with Gasteiger partial charge < -0.3 is 10.1 Å². The highest BCUT2D eigenvalue weighted by Gasteiger charge is 2.28. The zero-order valence-corrected chi connectivity index (χ0v) is 14.9. The Kier molecular flexibility index (Phi) is 4.79. The average molecular weight is 435 g/mol. The number of halogens is 1. The lowest BCUT2D eigenvalue weighted by Crippen LogP contribution is -2.20. The Labute approximate surface area is 152 Å². The molecule has 0 radical (unpaired) electrons. The topological polar surface area (TPSA) is 79.8 Å². The lowest BCUT2D eigenvalue weighted by molar-refractivity contribution is -0.115. The van der Waals surface area contributed by atoms with E-state index >= 15 is 0 Å². The molecule has 0 saturated carbocycles. The van der Waals surface area contributed by atoms with Crippen LogP contribution in [-0.2, 0) is 4.79 Å². The molecule has 0 aromatic heterocycles. The fourth-order valence-electron chi connectivity index (χ4n) is 2.42. The molecular weight excluding hydrogens is 421 g/mol. The molecule has 0 bridgehead atoms. The fourth-order valence-corrected chi connectivity index (χ4v) is 2.97. The van der Waals surface area contributed by atoms with Gasteiger partial charge in [0.1, 0.15) is 11.7 Å². The van der Waals surface area contributed by atoms with Gasteiger partial charge in [0, 0.05) is 17.5 Å². The van der Waals surface area contributed by atoms with E-state index in [0.29, 0.717) is 11.3 Å². The predicted octanol–water partition coefficient (Wildman–Crippen LogP) is 2.75. The summed E-state index contributed by atoms with van der Waals surface area (Å²) in [5, 5.41) is 6.71. The highest BCUT2D eigenvalue weighted by atomic mass is 127. The molecule has 0 spiro atoms. The molecule has 0 aliphatic carbocycles. The number of carbonyl (C=O) groups is 2. The van der Waals surface area contributed by atoms with Crippen LogP contribution in [0.5, 0.6) is 5.75 Å². The lowest BCUT2D eigenvalue weighted by atomic mass is 10.0. The van der Waals surface area contributed by atoms with Gasteiger partial charge in [-0.15, -0.1) is 0 Å². The van der Waals surface area contributed by atoms with E-state index in [9.17, 15) is 9.59 Å². The largest absolute Gasteiger partial charge is 0.496 e. The summed E-state index contributed by atoms with van der Waals surface area (Å²) in [5.74, 6) is -0.415. The molecular formula is C17H14IN3O3. The zero-order chi connectivity index (χ0) is 17.1. The molecule has 122 valence electrons. The van der Waals surface area contributed by atoms with Crippen molar-refractivity contribution in [2.45, 2.75) is 5.92 Å². The van der Waals surface area contributed by atoms with Crippen molar-refractivity contribution in [2.24, 2.45) is 5.10 Å². The number of nitrogens with one attached hydrogen (secondary N) is 2. The Hall–Kier alpha value is -2.42. The van der Waals surface area contributed by atoms with Crippen LogP contribution in [0, 0.1) is 3.57 Å². The van der Waals surface area contributed by atoms with E-state index in [1.54, 1.807) is 25.3 Å². The minimum atomic E-state index is -0.507. The van der Waals surface area contributed by atoms with Crippen LogP contribution in [0.25, 0.3) is 0 Å². The van der Waals surface area contributed by atoms with E-state index in [1.165, 1.54) is 6.21 Å². The second kappa shape index (κ2) is 7.00. The number of hydrogen-bond donors (Lipinski definition) is 2. The summed E-state index contributed by atoms with van der Waals surface area (Å²) in [7, 11) is 1.55. The van der Waals surface area contributed by atoms with E-state index in [0.717, 1.165) is 14.8 Å². The molecule has 2 aromatic rings. The van der Waals surface area contributed by atoms with Crippen molar-refractivity contribution in [3.8, 4) is 5.75 Å². The second-order valence-electron chi connectivity index (χ2n) is 5.12. The lowest BCUT2D eigenvalue weighted by Gasteiger charge is -2.06. The molecule has 3 rings (SSSR count). The van der Waals surface area contributed by atoms with Gasteiger partial charge in [-0.25, -0.2) is 5.43 Å². The Morgan fingerprint density at radius 3 is 2.92 bits per heavy atom. The summed E-state index contributed by atoms with van der Waals surface area (Å²) in [6, 6.07) is 12.5. The monoisotopic (exact) mass is 435 g/mol. The quantitative estimate of drug-likeness (QED) is 0.441. The van der Waals surface area contributed by atoms with E-state index in [-0.39, 0.29) is 11.8 Å². The second-order valence-corrected chi connectivity index (χ2v) is 6.28. The number of anilines is 1. The molecule has 1 atom stereocenters. The number of nitrogens with zero attached hydrogens (tertiary/aromatic N) is 1. The smallest absolute Gasteiger partial charge is 0.271 e. The summed E-state index contributed by atoms with van der Waals surface area (Å²) in [6.07, 6.45) is 1.43. The molecule has 1 unspecified atom stereocenters. The van der Waals surface area contributed by atoms with Gasteiger partial charge in [-0.05, 0) is 52.4 Å². The number of hydrogen-bond acceptors (Lipinski definition) is 4. The molecule has 2 aromatic carbocycles. The van der Waals surface area contributed by atoms with Crippen molar-refractivity contribution in [3.05, 3.63) is 57.2 Å². The van der Waals surface area contributed by atoms with E-state index in [1.807, 2.05) is 24.3 Å². The van der Waals surface area contributed by atoms with Crippen LogP contribution in [0.1, 0.15) is 21.8 Å². The number of methoxy groups -OCH3 is 1. The minimum absolute atomic E-state index is 0.162. The first kappa shape index (κ1) is 16.4. The molecule has 1 aliphatic heterocycles. The molecule has 6 nitrogen and oxygen atoms in total. The van der Waals surface area contributed by atoms with Gasteiger partial charge in [0.05, 0.1) is 10.7 Å². The maximum Gasteiger partial charge on any atom is 0.271 e. The maximum atomic E-state index is 12.1. The van der Waals surface area contributed by atoms with Crippen LogP contribution in [0.4, 0.5) is 5.69 Å². The molecule has 0 saturated heterocycles. The highest BCUT2D eigenvalue weighted by molar-refractivity contribution is 14.1. The van der Waals surface area contributed by atoms with Crippen molar-refractivity contribution in [1.82, 2.24) is 5.43 Å².